The molecule has 0 saturated carbocycles. The Hall–Kier alpha value is -2.44. The van der Waals surface area contributed by atoms with Crippen LogP contribution in [-0.4, -0.2) is 53.9 Å². The van der Waals surface area contributed by atoms with Crippen molar-refractivity contribution in [3.63, 3.8) is 0 Å². The number of aliphatic hydroxyl groups is 1. The summed E-state index contributed by atoms with van der Waals surface area (Å²) in [6, 6.07) is 9.99. The second-order valence-corrected chi connectivity index (χ2v) is 7.26. The Kier molecular flexibility index (Phi) is 6.87. The van der Waals surface area contributed by atoms with Crippen LogP contribution in [0, 0.1) is 11.8 Å². The first-order chi connectivity index (χ1) is 14.1. The summed E-state index contributed by atoms with van der Waals surface area (Å²) in [6.07, 6.45) is 0.804. The van der Waals surface area contributed by atoms with Crippen LogP contribution < -0.4 is 18.9 Å². The third-order valence-corrected chi connectivity index (χ3v) is 5.85. The molecule has 0 heterocycles. The molecule has 158 valence electrons. The van der Waals surface area contributed by atoms with Crippen molar-refractivity contribution in [2.24, 2.45) is 11.8 Å². The van der Waals surface area contributed by atoms with Crippen molar-refractivity contribution in [3.05, 3.63) is 47.0 Å². The number of rotatable bonds is 8. The predicted molar refractivity (Wildman–Crippen MR) is 111 cm³/mol. The van der Waals surface area contributed by atoms with Crippen LogP contribution in [0.5, 0.6) is 23.0 Å². The van der Waals surface area contributed by atoms with E-state index in [4.69, 9.17) is 23.7 Å². The molecular weight excluding hydrogens is 372 g/mol. The summed E-state index contributed by atoms with van der Waals surface area (Å²) in [5, 5.41) is 10.3. The highest BCUT2D eigenvalue weighted by atomic mass is 16.5. The number of fused-ring (bicyclic) bond motifs is 1. The minimum atomic E-state index is -0.0384. The van der Waals surface area contributed by atoms with E-state index in [9.17, 15) is 5.11 Å². The maximum atomic E-state index is 10.3. The van der Waals surface area contributed by atoms with E-state index in [0.29, 0.717) is 29.6 Å². The van der Waals surface area contributed by atoms with Gasteiger partial charge in [-0.1, -0.05) is 6.07 Å². The van der Waals surface area contributed by atoms with Crippen LogP contribution >= 0.6 is 0 Å². The van der Waals surface area contributed by atoms with Crippen LogP contribution in [0.4, 0.5) is 0 Å². The van der Waals surface area contributed by atoms with Crippen molar-refractivity contribution in [2.45, 2.75) is 12.3 Å². The van der Waals surface area contributed by atoms with E-state index in [1.807, 2.05) is 30.3 Å². The lowest BCUT2D eigenvalue weighted by Gasteiger charge is -2.39. The van der Waals surface area contributed by atoms with Gasteiger partial charge in [-0.3, -0.25) is 0 Å². The van der Waals surface area contributed by atoms with Gasteiger partial charge in [-0.15, -0.1) is 0 Å². The number of hydrogen-bond acceptors (Lipinski definition) is 6. The van der Waals surface area contributed by atoms with Gasteiger partial charge in [0.25, 0.3) is 0 Å². The highest BCUT2D eigenvalue weighted by molar-refractivity contribution is 5.54. The van der Waals surface area contributed by atoms with E-state index >= 15 is 0 Å². The molecule has 6 nitrogen and oxygen atoms in total. The predicted octanol–water partition coefficient (Wildman–Crippen LogP) is 3.28. The summed E-state index contributed by atoms with van der Waals surface area (Å²) in [4.78, 5) is 0. The molecule has 0 unspecified atom stereocenters. The van der Waals surface area contributed by atoms with Crippen molar-refractivity contribution in [1.29, 1.82) is 0 Å². The van der Waals surface area contributed by atoms with Crippen LogP contribution in [0.3, 0.4) is 0 Å². The molecule has 0 aromatic heterocycles. The third kappa shape index (κ3) is 4.00. The third-order valence-electron chi connectivity index (χ3n) is 5.85. The highest BCUT2D eigenvalue weighted by Gasteiger charge is 2.38. The van der Waals surface area contributed by atoms with Crippen molar-refractivity contribution >= 4 is 0 Å². The molecule has 0 saturated heterocycles. The zero-order valence-electron chi connectivity index (χ0n) is 17.7. The average Bonchev–Trinajstić information content (AvgIpc) is 2.76. The zero-order chi connectivity index (χ0) is 21.0. The lowest BCUT2D eigenvalue weighted by molar-refractivity contribution is 0.0751. The topological polar surface area (TPSA) is 66.4 Å². The number of ether oxygens (including phenoxy) is 5. The largest absolute Gasteiger partial charge is 0.493 e. The van der Waals surface area contributed by atoms with Gasteiger partial charge in [0.1, 0.15) is 0 Å². The Morgan fingerprint density at radius 3 is 2.03 bits per heavy atom. The Morgan fingerprint density at radius 1 is 0.828 bits per heavy atom. The molecule has 3 atom stereocenters. The molecular formula is C23H30O6. The van der Waals surface area contributed by atoms with Crippen molar-refractivity contribution < 1.29 is 28.8 Å². The Balaban J connectivity index is 2.19. The second kappa shape index (κ2) is 9.37. The van der Waals surface area contributed by atoms with Gasteiger partial charge in [0.05, 0.1) is 28.4 Å². The van der Waals surface area contributed by atoms with E-state index in [-0.39, 0.29) is 24.4 Å². The maximum Gasteiger partial charge on any atom is 0.161 e. The van der Waals surface area contributed by atoms with Crippen LogP contribution in [0.25, 0.3) is 0 Å². The second-order valence-electron chi connectivity index (χ2n) is 7.26. The SMILES string of the molecule is COC[C@@H]1Cc2cc(OC)c(OC)cc2[C@H](c2ccc(OC)c(OC)c2)[C@H]1CO. The smallest absolute Gasteiger partial charge is 0.161 e. The van der Waals surface area contributed by atoms with E-state index in [1.54, 1.807) is 35.5 Å². The van der Waals surface area contributed by atoms with Gasteiger partial charge < -0.3 is 28.8 Å². The summed E-state index contributed by atoms with van der Waals surface area (Å²) >= 11 is 0. The number of benzene rings is 2. The van der Waals surface area contributed by atoms with Gasteiger partial charge in [-0.25, -0.2) is 0 Å². The van der Waals surface area contributed by atoms with Gasteiger partial charge >= 0.3 is 0 Å². The molecule has 6 heteroatoms. The molecule has 2 aromatic carbocycles. The minimum Gasteiger partial charge on any atom is -0.493 e. The first-order valence-electron chi connectivity index (χ1n) is 9.68. The molecule has 1 aliphatic carbocycles. The number of aliphatic hydroxyl groups excluding tert-OH is 1. The fourth-order valence-corrected chi connectivity index (χ4v) is 4.46. The number of hydrogen-bond donors (Lipinski definition) is 1. The van der Waals surface area contributed by atoms with Gasteiger partial charge in [-0.05, 0) is 59.2 Å². The Bertz CT molecular complexity index is 834. The lowest BCUT2D eigenvalue weighted by atomic mass is 9.67. The van der Waals surface area contributed by atoms with Crippen molar-refractivity contribution in [2.75, 3.05) is 48.8 Å². The van der Waals surface area contributed by atoms with Gasteiger partial charge in [0.15, 0.2) is 23.0 Å². The molecule has 2 aromatic rings. The van der Waals surface area contributed by atoms with E-state index < -0.39 is 0 Å². The first-order valence-corrected chi connectivity index (χ1v) is 9.68. The molecule has 1 aliphatic rings. The monoisotopic (exact) mass is 402 g/mol. The fourth-order valence-electron chi connectivity index (χ4n) is 4.46. The van der Waals surface area contributed by atoms with Crippen molar-refractivity contribution in [1.82, 2.24) is 0 Å². The Labute approximate surface area is 172 Å². The van der Waals surface area contributed by atoms with Crippen LogP contribution in [0.2, 0.25) is 0 Å². The molecule has 0 radical (unpaired) electrons. The summed E-state index contributed by atoms with van der Waals surface area (Å²) < 4.78 is 27.5. The highest BCUT2D eigenvalue weighted by Crippen LogP contribution is 2.48. The molecule has 0 bridgehead atoms. The van der Waals surface area contributed by atoms with E-state index in [0.717, 1.165) is 17.5 Å². The molecule has 0 aliphatic heterocycles. The summed E-state index contributed by atoms with van der Waals surface area (Å²) in [5.41, 5.74) is 3.35. The molecule has 0 spiro atoms. The zero-order valence-corrected chi connectivity index (χ0v) is 17.7. The van der Waals surface area contributed by atoms with Crippen LogP contribution in [0.1, 0.15) is 22.6 Å². The summed E-state index contributed by atoms with van der Waals surface area (Å²) in [5.74, 6) is 2.86. The molecule has 1 N–H and O–H groups in total. The Morgan fingerprint density at radius 2 is 1.45 bits per heavy atom. The van der Waals surface area contributed by atoms with Gasteiger partial charge in [0, 0.05) is 26.2 Å². The lowest BCUT2D eigenvalue weighted by Crippen LogP contribution is -2.35. The van der Waals surface area contributed by atoms with Crippen LogP contribution in [-0.2, 0) is 11.2 Å². The average molecular weight is 402 g/mol. The standard InChI is InChI=1S/C23H30O6/c1-25-13-16-8-15-10-21(28-4)22(29-5)11-17(15)23(18(16)12-24)14-6-7-19(26-2)20(9-14)27-3/h6-7,9-11,16,18,23-24H,8,12-13H2,1-5H3/t16-,18-,23-/m0/s1. The van der Waals surface area contributed by atoms with E-state index in [2.05, 4.69) is 0 Å². The summed E-state index contributed by atoms with van der Waals surface area (Å²) in [6.45, 7) is 0.629. The van der Waals surface area contributed by atoms with Gasteiger partial charge in [-0.2, -0.15) is 0 Å². The quantitative estimate of drug-likeness (QED) is 0.731. The van der Waals surface area contributed by atoms with Crippen molar-refractivity contribution in [3.8, 4) is 23.0 Å². The van der Waals surface area contributed by atoms with Gasteiger partial charge in [0.2, 0.25) is 0 Å². The molecule has 29 heavy (non-hydrogen) atoms. The summed E-state index contributed by atoms with van der Waals surface area (Å²) in [7, 11) is 8.22. The molecule has 3 rings (SSSR count). The normalized spacial score (nSPS) is 20.7. The first kappa shape index (κ1) is 21.3. The number of methoxy groups -OCH3 is 5. The molecule has 0 fully saturated rings. The van der Waals surface area contributed by atoms with E-state index in [1.165, 1.54) is 5.56 Å². The minimum absolute atomic E-state index is 0.00125. The van der Waals surface area contributed by atoms with Crippen LogP contribution in [0.15, 0.2) is 30.3 Å². The fraction of sp³-hybridized carbons (Fsp3) is 0.478. The molecule has 0 amide bonds. The maximum absolute atomic E-state index is 10.3.